The lowest BCUT2D eigenvalue weighted by atomic mass is 9.75. The Bertz CT molecular complexity index is 1610. The van der Waals surface area contributed by atoms with Gasteiger partial charge >= 0.3 is 0 Å². The molecule has 2 atom stereocenters. The number of amides is 2. The Hall–Kier alpha value is -4.61. The number of H-pyrrole nitrogens is 1. The Morgan fingerprint density at radius 1 is 1.07 bits per heavy atom. The van der Waals surface area contributed by atoms with Gasteiger partial charge in [0.15, 0.2) is 17.3 Å². The van der Waals surface area contributed by atoms with Crippen LogP contribution in [-0.2, 0) is 4.79 Å². The van der Waals surface area contributed by atoms with Crippen LogP contribution in [0.2, 0.25) is 0 Å². The van der Waals surface area contributed by atoms with Crippen LogP contribution in [0.4, 0.5) is 14.5 Å². The van der Waals surface area contributed by atoms with E-state index in [1.165, 1.54) is 6.07 Å². The number of hydrogen-bond donors (Lipinski definition) is 3. The molecule has 2 aromatic carbocycles. The van der Waals surface area contributed by atoms with E-state index in [9.17, 15) is 18.4 Å². The number of nitrogens with zero attached hydrogens (tertiary/aromatic N) is 3. The van der Waals surface area contributed by atoms with E-state index in [1.807, 2.05) is 26.0 Å². The molecule has 1 aliphatic heterocycles. The van der Waals surface area contributed by atoms with Gasteiger partial charge in [0.1, 0.15) is 17.6 Å². The minimum absolute atomic E-state index is 0.0874. The molecule has 40 heavy (non-hydrogen) atoms. The summed E-state index contributed by atoms with van der Waals surface area (Å²) in [6.45, 7) is 5.51. The molecule has 6 rings (SSSR count). The quantitative estimate of drug-likeness (QED) is 0.326. The number of benzene rings is 2. The van der Waals surface area contributed by atoms with Crippen LogP contribution in [-0.4, -0.2) is 45.0 Å². The fourth-order valence-corrected chi connectivity index (χ4v) is 5.61. The number of carbonyl (C=O) groups is 2. The SMILES string of the molecule is Cc1nonc1C(=O)N[C@H](C(=O)Nc1ccc(-c2c(C)n[nH]c2C)cc1)C1c2cc(F)cc(F)c2OCC12CC2. The molecule has 0 saturated heterocycles. The number of aryl methyl sites for hydroxylation is 3. The minimum atomic E-state index is -1.21. The first kappa shape index (κ1) is 25.7. The average Bonchev–Trinajstić information content (AvgIpc) is 3.40. The molecule has 3 N–H and O–H groups in total. The molecule has 1 spiro atoms. The van der Waals surface area contributed by atoms with Gasteiger partial charge < -0.3 is 15.4 Å². The van der Waals surface area contributed by atoms with E-state index in [0.29, 0.717) is 18.5 Å². The highest BCUT2D eigenvalue weighted by Crippen LogP contribution is 2.61. The molecule has 2 aromatic heterocycles. The van der Waals surface area contributed by atoms with Gasteiger partial charge in [-0.2, -0.15) is 5.10 Å². The van der Waals surface area contributed by atoms with E-state index in [2.05, 4.69) is 35.8 Å². The van der Waals surface area contributed by atoms with Crippen LogP contribution in [0.3, 0.4) is 0 Å². The second kappa shape index (κ2) is 9.54. The molecule has 0 bridgehead atoms. The topological polar surface area (TPSA) is 135 Å². The van der Waals surface area contributed by atoms with Crippen LogP contribution in [0.15, 0.2) is 41.0 Å². The highest BCUT2D eigenvalue weighted by atomic mass is 19.1. The van der Waals surface area contributed by atoms with Crippen LogP contribution in [0.1, 0.15) is 51.9 Å². The van der Waals surface area contributed by atoms with E-state index >= 15 is 0 Å². The van der Waals surface area contributed by atoms with Crippen molar-refractivity contribution in [3.63, 3.8) is 0 Å². The molecule has 1 aliphatic carbocycles. The molecule has 1 unspecified atom stereocenters. The van der Waals surface area contributed by atoms with Crippen molar-refractivity contribution in [2.45, 2.75) is 45.6 Å². The first-order chi connectivity index (χ1) is 19.2. The summed E-state index contributed by atoms with van der Waals surface area (Å²) < 4.78 is 39.6. The first-order valence-corrected chi connectivity index (χ1v) is 12.8. The number of rotatable bonds is 6. The maximum Gasteiger partial charge on any atom is 0.276 e. The molecule has 10 nitrogen and oxygen atoms in total. The van der Waals surface area contributed by atoms with E-state index in [-0.39, 0.29) is 29.3 Å². The molecule has 4 aromatic rings. The van der Waals surface area contributed by atoms with Crippen molar-refractivity contribution >= 4 is 17.5 Å². The van der Waals surface area contributed by atoms with Gasteiger partial charge in [-0.3, -0.25) is 14.7 Å². The number of fused-ring (bicyclic) bond motifs is 1. The number of anilines is 1. The smallest absolute Gasteiger partial charge is 0.276 e. The van der Waals surface area contributed by atoms with Gasteiger partial charge in [0.05, 0.1) is 12.3 Å². The number of aromatic amines is 1. The molecule has 12 heteroatoms. The molecule has 1 saturated carbocycles. The number of carbonyl (C=O) groups excluding carboxylic acids is 2. The van der Waals surface area contributed by atoms with Gasteiger partial charge in [0.25, 0.3) is 5.91 Å². The lowest BCUT2D eigenvalue weighted by molar-refractivity contribution is -0.119. The maximum absolute atomic E-state index is 14.7. The largest absolute Gasteiger partial charge is 0.490 e. The zero-order valence-electron chi connectivity index (χ0n) is 22.0. The van der Waals surface area contributed by atoms with Gasteiger partial charge in [-0.1, -0.05) is 17.3 Å². The highest BCUT2D eigenvalue weighted by Gasteiger charge is 2.58. The van der Waals surface area contributed by atoms with E-state index in [4.69, 9.17) is 4.74 Å². The third kappa shape index (κ3) is 4.38. The summed E-state index contributed by atoms with van der Waals surface area (Å²) in [6.07, 6.45) is 1.33. The molecule has 2 aliphatic rings. The van der Waals surface area contributed by atoms with Crippen LogP contribution < -0.4 is 15.4 Å². The monoisotopic (exact) mass is 548 g/mol. The zero-order valence-corrected chi connectivity index (χ0v) is 22.0. The number of ether oxygens (including phenoxy) is 1. The second-order valence-electron chi connectivity index (χ2n) is 10.5. The van der Waals surface area contributed by atoms with Gasteiger partial charge in [-0.05, 0) is 62.5 Å². The Labute approximate surface area is 227 Å². The second-order valence-corrected chi connectivity index (χ2v) is 10.5. The number of nitrogens with one attached hydrogen (secondary N) is 3. The predicted octanol–water partition coefficient (Wildman–Crippen LogP) is 4.36. The Balaban J connectivity index is 1.36. The molecule has 1 fully saturated rings. The number of hydrogen-bond acceptors (Lipinski definition) is 7. The number of aromatic nitrogens is 4. The zero-order chi connectivity index (χ0) is 28.2. The van der Waals surface area contributed by atoms with E-state index in [0.717, 1.165) is 28.6 Å². The summed E-state index contributed by atoms with van der Waals surface area (Å²) in [4.78, 5) is 27.1. The van der Waals surface area contributed by atoms with Crippen molar-refractivity contribution in [2.24, 2.45) is 5.41 Å². The third-order valence-corrected chi connectivity index (χ3v) is 7.77. The molecular formula is C28H26F2N6O4. The van der Waals surface area contributed by atoms with Crippen LogP contribution in [0, 0.1) is 37.8 Å². The molecular weight excluding hydrogens is 522 g/mol. The fraction of sp³-hybridized carbons (Fsp3) is 0.321. The molecule has 3 heterocycles. The van der Waals surface area contributed by atoms with Crippen molar-refractivity contribution in [2.75, 3.05) is 11.9 Å². The van der Waals surface area contributed by atoms with Gasteiger partial charge in [0, 0.05) is 39.9 Å². The summed E-state index contributed by atoms with van der Waals surface area (Å²) >= 11 is 0. The summed E-state index contributed by atoms with van der Waals surface area (Å²) in [6, 6.07) is 7.89. The summed E-state index contributed by atoms with van der Waals surface area (Å²) in [7, 11) is 0. The van der Waals surface area contributed by atoms with Crippen molar-refractivity contribution in [1.82, 2.24) is 25.8 Å². The first-order valence-electron chi connectivity index (χ1n) is 12.8. The maximum atomic E-state index is 14.7. The third-order valence-electron chi connectivity index (χ3n) is 7.77. The summed E-state index contributed by atoms with van der Waals surface area (Å²) in [5, 5.41) is 20.1. The lowest BCUT2D eigenvalue weighted by Gasteiger charge is -2.38. The van der Waals surface area contributed by atoms with Crippen LogP contribution >= 0.6 is 0 Å². The Kier molecular flexibility index (Phi) is 6.12. The van der Waals surface area contributed by atoms with Gasteiger partial charge in [-0.15, -0.1) is 0 Å². The summed E-state index contributed by atoms with van der Waals surface area (Å²) in [5.74, 6) is -3.80. The van der Waals surface area contributed by atoms with Crippen molar-refractivity contribution in [1.29, 1.82) is 0 Å². The van der Waals surface area contributed by atoms with Crippen molar-refractivity contribution in [3.8, 4) is 16.9 Å². The van der Waals surface area contributed by atoms with Gasteiger partial charge in [0.2, 0.25) is 5.91 Å². The van der Waals surface area contributed by atoms with Crippen molar-refractivity contribution < 1.29 is 27.7 Å². The normalized spacial score (nSPS) is 17.6. The Morgan fingerprint density at radius 2 is 1.82 bits per heavy atom. The standard InChI is InChI=1S/C28H26F2N6O4/c1-13-21(14(2)34-33-13)16-4-6-18(7-5-16)31-27(38)24(32-26(37)23-15(3)35-40-36-23)22-19-10-17(29)11-20(30)25(19)39-12-28(22)8-9-28/h4-7,10-11,22,24H,8-9,12H2,1-3H3,(H,31,38)(H,32,37)(H,33,34)/t22?,24-/m0/s1. The minimum Gasteiger partial charge on any atom is -0.490 e. The van der Waals surface area contributed by atoms with E-state index in [1.54, 1.807) is 19.1 Å². The number of halogens is 2. The highest BCUT2D eigenvalue weighted by molar-refractivity contribution is 6.01. The van der Waals surface area contributed by atoms with Gasteiger partial charge in [-0.25, -0.2) is 13.4 Å². The average molecular weight is 549 g/mol. The molecule has 2 amide bonds. The van der Waals surface area contributed by atoms with Crippen LogP contribution in [0.5, 0.6) is 5.75 Å². The molecule has 206 valence electrons. The summed E-state index contributed by atoms with van der Waals surface area (Å²) in [5.41, 5.74) is 3.91. The van der Waals surface area contributed by atoms with E-state index < -0.39 is 40.8 Å². The molecule has 0 radical (unpaired) electrons. The lowest BCUT2D eigenvalue weighted by Crippen LogP contribution is -2.52. The fourth-order valence-electron chi connectivity index (χ4n) is 5.61. The van der Waals surface area contributed by atoms with Crippen LogP contribution in [0.25, 0.3) is 11.1 Å². The Morgan fingerprint density at radius 3 is 2.45 bits per heavy atom. The predicted molar refractivity (Wildman–Crippen MR) is 139 cm³/mol. The van der Waals surface area contributed by atoms with Crippen molar-refractivity contribution in [3.05, 3.63) is 76.4 Å².